The van der Waals surface area contributed by atoms with Gasteiger partial charge in [0.1, 0.15) is 5.75 Å². The summed E-state index contributed by atoms with van der Waals surface area (Å²) in [5.41, 5.74) is 3.00. The monoisotopic (exact) mass is 419 g/mol. The summed E-state index contributed by atoms with van der Waals surface area (Å²) in [4.78, 5) is 27.0. The van der Waals surface area contributed by atoms with Gasteiger partial charge < -0.3 is 23.9 Å². The number of piperazine rings is 1. The van der Waals surface area contributed by atoms with Crippen LogP contribution < -0.4 is 9.64 Å². The lowest BCUT2D eigenvalue weighted by Gasteiger charge is -2.36. The second-order valence-corrected chi connectivity index (χ2v) is 7.58. The van der Waals surface area contributed by atoms with Gasteiger partial charge in [-0.05, 0) is 44.3 Å². The number of carbonyl (C=O) groups excluding carboxylic acids is 1. The number of benzene rings is 1. The first-order chi connectivity index (χ1) is 15.0. The Morgan fingerprint density at radius 3 is 2.68 bits per heavy atom. The zero-order valence-electron chi connectivity index (χ0n) is 18.0. The van der Waals surface area contributed by atoms with Gasteiger partial charge in [0.05, 0.1) is 19.3 Å². The molecule has 1 saturated heterocycles. The van der Waals surface area contributed by atoms with Crippen molar-refractivity contribution in [3.05, 3.63) is 48.1 Å². The number of hydrogen-bond donors (Lipinski definition) is 0. The van der Waals surface area contributed by atoms with Gasteiger partial charge in [0.25, 0.3) is 5.89 Å². The van der Waals surface area contributed by atoms with Crippen LogP contribution in [0.15, 0.2) is 41.1 Å². The van der Waals surface area contributed by atoms with Gasteiger partial charge in [0.15, 0.2) is 11.1 Å². The normalized spacial score (nSPS) is 13.9. The maximum absolute atomic E-state index is 12.3. The van der Waals surface area contributed by atoms with Gasteiger partial charge in [-0.25, -0.2) is 0 Å². The van der Waals surface area contributed by atoms with Gasteiger partial charge in [-0.1, -0.05) is 5.92 Å². The lowest BCUT2D eigenvalue weighted by atomic mass is 10.2. The molecule has 0 unspecified atom stereocenters. The Morgan fingerprint density at radius 1 is 1.19 bits per heavy atom. The topological polar surface area (TPSA) is 74.9 Å². The van der Waals surface area contributed by atoms with Crippen molar-refractivity contribution < 1.29 is 13.9 Å². The van der Waals surface area contributed by atoms with Gasteiger partial charge in [0.2, 0.25) is 5.91 Å². The highest BCUT2D eigenvalue weighted by Gasteiger charge is 2.24. The molecule has 0 N–H and O–H groups in total. The molecule has 0 radical (unpaired) electrons. The van der Waals surface area contributed by atoms with Crippen LogP contribution >= 0.6 is 0 Å². The first kappa shape index (κ1) is 20.7. The number of ether oxygens (including phenoxy) is 1. The number of hydrogen-bond acceptors (Lipinski definition) is 7. The fraction of sp³-hybridized carbons (Fsp3) is 0.348. The van der Waals surface area contributed by atoms with Gasteiger partial charge in [-0.3, -0.25) is 9.78 Å². The van der Waals surface area contributed by atoms with Crippen LogP contribution in [0.3, 0.4) is 0 Å². The van der Waals surface area contributed by atoms with E-state index in [0.29, 0.717) is 42.4 Å². The smallest absolute Gasteiger partial charge is 0.274 e. The van der Waals surface area contributed by atoms with Crippen LogP contribution in [0.1, 0.15) is 11.5 Å². The van der Waals surface area contributed by atoms with Crippen molar-refractivity contribution in [1.82, 2.24) is 19.8 Å². The Morgan fingerprint density at radius 2 is 2.00 bits per heavy atom. The summed E-state index contributed by atoms with van der Waals surface area (Å²) >= 11 is 0. The van der Waals surface area contributed by atoms with Crippen LogP contribution in [0.25, 0.3) is 11.1 Å². The van der Waals surface area contributed by atoms with Crippen molar-refractivity contribution in [3.8, 4) is 17.6 Å². The van der Waals surface area contributed by atoms with Gasteiger partial charge in [0, 0.05) is 44.1 Å². The van der Waals surface area contributed by atoms with Crippen molar-refractivity contribution in [1.29, 1.82) is 0 Å². The summed E-state index contributed by atoms with van der Waals surface area (Å²) < 4.78 is 11.5. The molecule has 1 aliphatic heterocycles. The van der Waals surface area contributed by atoms with Crippen LogP contribution in [0.4, 0.5) is 5.69 Å². The number of carbonyl (C=O) groups is 1. The molecule has 0 spiro atoms. The maximum Gasteiger partial charge on any atom is 0.274 e. The molecule has 0 atom stereocenters. The number of nitrogens with zero attached hydrogens (tertiary/aromatic N) is 5. The summed E-state index contributed by atoms with van der Waals surface area (Å²) in [6, 6.07) is 7.58. The average molecular weight is 419 g/mol. The molecule has 2 aromatic heterocycles. The Hall–Kier alpha value is -3.57. The van der Waals surface area contributed by atoms with Crippen LogP contribution in [-0.4, -0.2) is 79.6 Å². The molecular weight excluding hydrogens is 394 g/mol. The number of methoxy groups -OCH3 is 1. The summed E-state index contributed by atoms with van der Waals surface area (Å²) in [5, 5.41) is 0. The predicted molar refractivity (Wildman–Crippen MR) is 118 cm³/mol. The molecule has 1 fully saturated rings. The number of amides is 1. The first-order valence-corrected chi connectivity index (χ1v) is 10.1. The molecule has 1 aliphatic rings. The molecule has 1 amide bonds. The van der Waals surface area contributed by atoms with E-state index in [-0.39, 0.29) is 5.91 Å². The van der Waals surface area contributed by atoms with E-state index >= 15 is 0 Å². The average Bonchev–Trinajstić information content (AvgIpc) is 3.22. The molecule has 1 aromatic carbocycles. The van der Waals surface area contributed by atoms with Crippen molar-refractivity contribution >= 4 is 22.7 Å². The number of fused-ring (bicyclic) bond motifs is 1. The Labute approximate surface area is 181 Å². The Balaban J connectivity index is 1.58. The highest BCUT2D eigenvalue weighted by atomic mass is 16.5. The van der Waals surface area contributed by atoms with Crippen molar-refractivity contribution in [3.63, 3.8) is 0 Å². The third kappa shape index (κ3) is 4.62. The molecular formula is C23H25N5O3. The highest BCUT2D eigenvalue weighted by molar-refractivity contribution is 5.92. The number of anilines is 1. The third-order valence-electron chi connectivity index (χ3n) is 5.11. The number of pyridine rings is 1. The maximum atomic E-state index is 12.3. The molecule has 0 aliphatic carbocycles. The van der Waals surface area contributed by atoms with Crippen LogP contribution in [0, 0.1) is 11.8 Å². The fourth-order valence-electron chi connectivity index (χ4n) is 3.57. The SMILES string of the molecule is COc1ccc(N2CCN(C(=O)CN(C)C)CC2)c2oc(C#Cc3cccnc3)nc12. The van der Waals surface area contributed by atoms with E-state index < -0.39 is 0 Å². The molecule has 31 heavy (non-hydrogen) atoms. The second kappa shape index (κ2) is 9.06. The van der Waals surface area contributed by atoms with E-state index in [1.165, 1.54) is 0 Å². The quantitative estimate of drug-likeness (QED) is 0.598. The fourth-order valence-corrected chi connectivity index (χ4v) is 3.57. The lowest BCUT2D eigenvalue weighted by Crippen LogP contribution is -2.50. The van der Waals surface area contributed by atoms with Gasteiger partial charge >= 0.3 is 0 Å². The zero-order chi connectivity index (χ0) is 21.8. The Kier molecular flexibility index (Phi) is 6.05. The molecule has 0 saturated carbocycles. The third-order valence-corrected chi connectivity index (χ3v) is 5.11. The number of rotatable bonds is 4. The highest BCUT2D eigenvalue weighted by Crippen LogP contribution is 2.34. The minimum atomic E-state index is 0.150. The van der Waals surface area contributed by atoms with Crippen molar-refractivity contribution in [2.45, 2.75) is 0 Å². The second-order valence-electron chi connectivity index (χ2n) is 7.58. The standard InChI is InChI=1S/C23H25N5O3/c1-26(2)16-21(29)28-13-11-27(12-14-28)18-7-8-19(30-3)22-23(18)31-20(25-22)9-6-17-5-4-10-24-15-17/h4-5,7-8,10,15H,11-14,16H2,1-3H3. The van der Waals surface area contributed by atoms with Gasteiger partial charge in [-0.2, -0.15) is 4.98 Å². The molecule has 3 heterocycles. The summed E-state index contributed by atoms with van der Waals surface area (Å²) in [6.45, 7) is 3.20. The lowest BCUT2D eigenvalue weighted by molar-refractivity contribution is -0.132. The first-order valence-electron chi connectivity index (χ1n) is 10.1. The number of oxazole rings is 1. The van der Waals surface area contributed by atoms with Crippen molar-refractivity contribution in [2.24, 2.45) is 0 Å². The molecule has 160 valence electrons. The number of likely N-dealkylation sites (N-methyl/N-ethyl adjacent to an activating group) is 1. The van der Waals surface area contributed by atoms with Crippen LogP contribution in [0.5, 0.6) is 5.75 Å². The molecule has 8 heteroatoms. The van der Waals surface area contributed by atoms with E-state index in [9.17, 15) is 4.79 Å². The van der Waals surface area contributed by atoms with E-state index in [4.69, 9.17) is 9.15 Å². The molecule has 0 bridgehead atoms. The molecule has 3 aromatic rings. The van der Waals surface area contributed by atoms with Crippen molar-refractivity contribution in [2.75, 3.05) is 58.8 Å². The summed E-state index contributed by atoms with van der Waals surface area (Å²) in [7, 11) is 5.42. The van der Waals surface area contributed by atoms with E-state index in [1.807, 2.05) is 48.2 Å². The minimum absolute atomic E-state index is 0.150. The predicted octanol–water partition coefficient (Wildman–Crippen LogP) is 1.84. The van der Waals surface area contributed by atoms with E-state index in [1.54, 1.807) is 19.5 Å². The van der Waals surface area contributed by atoms with Gasteiger partial charge in [-0.15, -0.1) is 0 Å². The van der Waals surface area contributed by atoms with E-state index in [0.717, 1.165) is 24.3 Å². The zero-order valence-corrected chi connectivity index (χ0v) is 18.0. The van der Waals surface area contributed by atoms with E-state index in [2.05, 4.69) is 26.7 Å². The molecule has 4 rings (SSSR count). The summed E-state index contributed by atoms with van der Waals surface area (Å²) in [5.74, 6) is 7.10. The molecule has 8 nitrogen and oxygen atoms in total. The van der Waals surface area contributed by atoms with Crippen LogP contribution in [-0.2, 0) is 4.79 Å². The Bertz CT molecular complexity index is 1120. The minimum Gasteiger partial charge on any atom is -0.494 e. The van der Waals surface area contributed by atoms with Crippen LogP contribution in [0.2, 0.25) is 0 Å². The largest absolute Gasteiger partial charge is 0.494 e. The number of aromatic nitrogens is 2. The summed E-state index contributed by atoms with van der Waals surface area (Å²) in [6.07, 6.45) is 3.40.